The zero-order valence-corrected chi connectivity index (χ0v) is 43.4. The monoisotopic (exact) mass is 1010 g/mol. The van der Waals surface area contributed by atoms with Crippen molar-refractivity contribution in [1.82, 2.24) is 35.6 Å². The summed E-state index contributed by atoms with van der Waals surface area (Å²) in [6, 6.07) is 23.0. The number of phenolic OH excluding ortho intramolecular Hbond substituents is 1. The Bertz CT molecular complexity index is 2720. The number of benzene rings is 3. The predicted molar refractivity (Wildman–Crippen MR) is 284 cm³/mol. The van der Waals surface area contributed by atoms with Crippen LogP contribution < -0.4 is 30.9 Å². The van der Waals surface area contributed by atoms with Crippen LogP contribution in [0.2, 0.25) is 0 Å². The van der Waals surface area contributed by atoms with Crippen LogP contribution >= 0.6 is 11.3 Å². The number of phenols is 1. The molecule has 8 rings (SSSR count). The Hall–Kier alpha value is -6.79. The highest BCUT2D eigenvalue weighted by molar-refractivity contribution is 7.13. The van der Waals surface area contributed by atoms with Gasteiger partial charge in [0.2, 0.25) is 23.6 Å². The molecule has 0 saturated carbocycles. The molecule has 3 unspecified atom stereocenters. The number of aromatic nitrogens is 3. The molecule has 0 radical (unpaired) electrons. The van der Waals surface area contributed by atoms with E-state index in [2.05, 4.69) is 59.9 Å². The summed E-state index contributed by atoms with van der Waals surface area (Å²) in [5, 5.41) is 35.3. The van der Waals surface area contributed by atoms with Crippen LogP contribution in [-0.2, 0) is 19.2 Å². The lowest BCUT2D eigenvalue weighted by atomic mass is 9.85. The summed E-state index contributed by atoms with van der Waals surface area (Å²) in [5.41, 5.74) is 13.5. The normalized spacial score (nSPS) is 19.1. The van der Waals surface area contributed by atoms with Crippen molar-refractivity contribution in [1.29, 1.82) is 0 Å². The maximum atomic E-state index is 14.2. The number of nitrogens with two attached hydrogens (primary N) is 1. The van der Waals surface area contributed by atoms with E-state index in [9.17, 15) is 29.4 Å². The molecule has 4 amide bonds. The second-order valence-electron chi connectivity index (χ2n) is 20.7. The van der Waals surface area contributed by atoms with Gasteiger partial charge in [-0.05, 0) is 86.4 Å². The van der Waals surface area contributed by atoms with Gasteiger partial charge in [0.25, 0.3) is 0 Å². The number of carbonyl (C=O) groups is 4. The number of amides is 4. The van der Waals surface area contributed by atoms with Crippen LogP contribution in [0, 0.1) is 12.3 Å². The van der Waals surface area contributed by atoms with Gasteiger partial charge in [-0.15, -0.1) is 21.5 Å². The summed E-state index contributed by atoms with van der Waals surface area (Å²) < 4.78 is 6.41. The molecular formula is C55H70N10O7S. The van der Waals surface area contributed by atoms with Crippen LogP contribution in [0.5, 0.6) is 11.5 Å². The van der Waals surface area contributed by atoms with Crippen molar-refractivity contribution in [2.24, 2.45) is 5.41 Å². The van der Waals surface area contributed by atoms with Gasteiger partial charge in [-0.25, -0.2) is 4.98 Å². The lowest BCUT2D eigenvalue weighted by Crippen LogP contribution is -2.57. The van der Waals surface area contributed by atoms with Gasteiger partial charge >= 0.3 is 0 Å². The van der Waals surface area contributed by atoms with Gasteiger partial charge in [0.05, 0.1) is 34.8 Å². The predicted octanol–water partition coefficient (Wildman–Crippen LogP) is 6.88. The molecule has 0 aliphatic carbocycles. The highest BCUT2D eigenvalue weighted by atomic mass is 32.1. The minimum atomic E-state index is -0.913. The number of carbonyl (C=O) groups excluding carboxylic acids is 4. The van der Waals surface area contributed by atoms with E-state index in [1.54, 1.807) is 35.6 Å². The molecule has 2 aromatic heterocycles. The zero-order chi connectivity index (χ0) is 51.8. The molecule has 0 bridgehead atoms. The smallest absolute Gasteiger partial charge is 0.246 e. The van der Waals surface area contributed by atoms with Crippen LogP contribution in [0.4, 0.5) is 17.2 Å². The molecular weight excluding hydrogens is 945 g/mol. The first-order valence-corrected chi connectivity index (χ1v) is 26.4. The first kappa shape index (κ1) is 52.5. The van der Waals surface area contributed by atoms with Crippen molar-refractivity contribution in [2.45, 2.75) is 116 Å². The van der Waals surface area contributed by atoms with Crippen molar-refractivity contribution >= 4 is 52.2 Å². The van der Waals surface area contributed by atoms with Gasteiger partial charge in [0.15, 0.2) is 11.6 Å². The first-order valence-electron chi connectivity index (χ1n) is 25.6. The fraction of sp³-hybridized carbons (Fsp3) is 0.473. The van der Waals surface area contributed by atoms with Crippen LogP contribution in [-0.4, -0.2) is 129 Å². The summed E-state index contributed by atoms with van der Waals surface area (Å²) in [6.07, 6.45) is 3.39. The molecule has 5 heterocycles. The Balaban J connectivity index is 0.756. The van der Waals surface area contributed by atoms with Gasteiger partial charge in [0.1, 0.15) is 29.6 Å². The van der Waals surface area contributed by atoms with Crippen LogP contribution in [0.3, 0.4) is 0 Å². The Kier molecular flexibility index (Phi) is 16.8. The number of nitrogens with zero attached hydrogens (tertiary/aromatic N) is 7. The summed E-state index contributed by atoms with van der Waals surface area (Å²) in [4.78, 5) is 68.0. The number of anilines is 3. The quantitative estimate of drug-likeness (QED) is 0.0601. The van der Waals surface area contributed by atoms with Gasteiger partial charge in [-0.3, -0.25) is 19.2 Å². The number of piperazine rings is 1. The van der Waals surface area contributed by atoms with Gasteiger partial charge in [0, 0.05) is 81.5 Å². The molecule has 3 aliphatic heterocycles. The summed E-state index contributed by atoms with van der Waals surface area (Å²) in [5.74, 6) is -0.178. The number of piperidine rings is 1. The molecule has 3 aromatic carbocycles. The average molecular weight is 1020 g/mol. The molecule has 5 aromatic rings. The molecule has 18 heteroatoms. The van der Waals surface area contributed by atoms with Crippen molar-refractivity contribution in [2.75, 3.05) is 61.3 Å². The minimum absolute atomic E-state index is 0.00169. The number of aryl methyl sites for hydroxylation is 1. The van der Waals surface area contributed by atoms with E-state index >= 15 is 0 Å². The molecule has 6 N–H and O–H groups in total. The number of ether oxygens (including phenoxy) is 1. The third kappa shape index (κ3) is 13.1. The number of thiazole rings is 1. The summed E-state index contributed by atoms with van der Waals surface area (Å²) >= 11 is 1.58. The number of likely N-dealkylation sites (tertiary alicyclic amines) is 1. The standard InChI is InChI=1S/C55H70N10O7S/c1-35(37-20-22-38(23-21-37)50-36(2)57-34-73-50)58-53(70)45-30-41(66)32-65(45)54(71)51(55(3,4)5)59-48(68)18-7-6-8-19-49(69)63-27-25-62(26-28-63)39-13-11-14-40(29-39)64-24-12-15-42(33-64)72-47-31-44(60-61-52(47)56)43-16-9-10-17-46(43)67/h9-11,13-14,16-17,20-23,29,31,34-35,41-42,45,51,66-67H,6-8,12,15,18-19,24-28,30,32-33H2,1-5H3,(H2,56,61)(H,58,70)(H,59,68)/t35?,41-,42?,45+,51?/m1/s1. The Morgan fingerprint density at radius 1 is 0.863 bits per heavy atom. The van der Waals surface area contributed by atoms with E-state index < -0.39 is 29.5 Å². The van der Waals surface area contributed by atoms with Gasteiger partial charge in [-0.1, -0.05) is 69.7 Å². The van der Waals surface area contributed by atoms with Gasteiger partial charge < -0.3 is 50.9 Å². The second kappa shape index (κ2) is 23.4. The van der Waals surface area contributed by atoms with Crippen molar-refractivity contribution < 1.29 is 34.1 Å². The van der Waals surface area contributed by atoms with Crippen molar-refractivity contribution in [3.05, 3.63) is 95.6 Å². The number of β-amino-alcohol motifs (C(OH)–C–C–N with tert-alkyl or cyclic N) is 1. The summed E-state index contributed by atoms with van der Waals surface area (Å²) in [7, 11) is 0. The topological polar surface area (TPSA) is 220 Å². The van der Waals surface area contributed by atoms with E-state index in [4.69, 9.17) is 10.5 Å². The van der Waals surface area contributed by atoms with Crippen molar-refractivity contribution in [3.8, 4) is 33.2 Å². The number of hydrogen-bond donors (Lipinski definition) is 5. The molecule has 0 spiro atoms. The minimum Gasteiger partial charge on any atom is -0.507 e. The SMILES string of the molecule is Cc1ncsc1-c1ccc(C(C)NC(=O)[C@@H]2C[C@@H](O)CN2C(=O)C(NC(=O)CCCCCC(=O)N2CCN(c3cccc(N4CCCC(Oc5cc(-c6ccccc6O)nnc5N)C4)c3)CC2)C(C)(C)C)cc1. The fourth-order valence-electron chi connectivity index (χ4n) is 9.99. The van der Waals surface area contributed by atoms with E-state index in [0.29, 0.717) is 75.4 Å². The third-order valence-corrected chi connectivity index (χ3v) is 15.2. The molecule has 17 nitrogen and oxygen atoms in total. The Morgan fingerprint density at radius 2 is 1.59 bits per heavy atom. The highest BCUT2D eigenvalue weighted by Crippen LogP contribution is 2.34. The van der Waals surface area contributed by atoms with Crippen LogP contribution in [0.15, 0.2) is 84.4 Å². The van der Waals surface area contributed by atoms with E-state index in [1.165, 1.54) is 4.90 Å². The Morgan fingerprint density at radius 3 is 2.30 bits per heavy atom. The number of aliphatic hydroxyl groups is 1. The molecule has 73 heavy (non-hydrogen) atoms. The average Bonchev–Trinajstić information content (AvgIpc) is 4.01. The molecule has 3 aliphatic rings. The molecule has 388 valence electrons. The number of aliphatic hydroxyl groups excluding tert-OH is 1. The zero-order valence-electron chi connectivity index (χ0n) is 42.6. The van der Waals surface area contributed by atoms with Crippen LogP contribution in [0.1, 0.15) is 96.4 Å². The molecule has 3 fully saturated rings. The van der Waals surface area contributed by atoms with Crippen molar-refractivity contribution in [3.63, 3.8) is 0 Å². The fourth-order valence-corrected chi connectivity index (χ4v) is 10.8. The number of rotatable bonds is 17. The number of unbranched alkanes of at least 4 members (excludes halogenated alkanes) is 2. The largest absolute Gasteiger partial charge is 0.507 e. The number of nitrogens with one attached hydrogen (secondary N) is 2. The van der Waals surface area contributed by atoms with E-state index in [1.807, 2.05) is 75.4 Å². The molecule has 5 atom stereocenters. The van der Waals surface area contributed by atoms with E-state index in [-0.39, 0.29) is 60.8 Å². The number of para-hydroxylation sites is 1. The second-order valence-corrected chi connectivity index (χ2v) is 21.5. The van der Waals surface area contributed by atoms with E-state index in [0.717, 1.165) is 52.5 Å². The highest BCUT2D eigenvalue weighted by Gasteiger charge is 2.44. The third-order valence-electron chi connectivity index (χ3n) is 14.2. The van der Waals surface area contributed by atoms with Gasteiger partial charge in [-0.2, -0.15) is 0 Å². The number of nitrogen functional groups attached to an aromatic ring is 1. The number of aromatic hydroxyl groups is 1. The first-order chi connectivity index (χ1) is 35.0. The lowest BCUT2D eigenvalue weighted by Gasteiger charge is -2.38. The summed E-state index contributed by atoms with van der Waals surface area (Å²) in [6.45, 7) is 13.7. The lowest BCUT2D eigenvalue weighted by molar-refractivity contribution is -0.144. The van der Waals surface area contributed by atoms with Crippen LogP contribution in [0.25, 0.3) is 21.7 Å². The number of hydrogen-bond acceptors (Lipinski definition) is 14. The molecule has 3 saturated heterocycles. The Labute approximate surface area is 432 Å². The maximum Gasteiger partial charge on any atom is 0.246 e. The maximum absolute atomic E-state index is 14.2.